The van der Waals surface area contributed by atoms with Crippen molar-refractivity contribution in [3.05, 3.63) is 52.2 Å². The zero-order valence-electron chi connectivity index (χ0n) is 15.7. The Hall–Kier alpha value is -3.21. The number of aromatic nitrogens is 2. The van der Waals surface area contributed by atoms with E-state index in [0.717, 1.165) is 11.8 Å². The normalized spacial score (nSPS) is 10.3. The van der Waals surface area contributed by atoms with Crippen LogP contribution in [0.15, 0.2) is 40.3 Å². The molecular weight excluding hydrogens is 403 g/mol. The third-order valence-corrected chi connectivity index (χ3v) is 4.45. The number of H-pyrrole nitrogens is 1. The summed E-state index contributed by atoms with van der Waals surface area (Å²) in [6.45, 7) is -0.205. The van der Waals surface area contributed by atoms with Crippen LogP contribution in [0.3, 0.4) is 0 Å². The number of hydrogen-bond acceptors (Lipinski definition) is 7. The quantitative estimate of drug-likeness (QED) is 0.367. The van der Waals surface area contributed by atoms with Crippen LogP contribution in [-0.4, -0.2) is 59.1 Å². The average Bonchev–Trinajstić information content (AvgIpc) is 2.67. The number of rotatable bonds is 8. The van der Waals surface area contributed by atoms with Crippen molar-refractivity contribution in [2.75, 3.05) is 31.8 Å². The number of thioether (sulfide) groups is 1. The van der Waals surface area contributed by atoms with Gasteiger partial charge in [0.25, 0.3) is 5.56 Å². The molecule has 29 heavy (non-hydrogen) atoms. The molecule has 9 nitrogen and oxygen atoms in total. The molecule has 0 unspecified atom stereocenters. The monoisotopic (exact) mass is 422 g/mol. The molecule has 0 aliphatic rings. The van der Waals surface area contributed by atoms with Gasteiger partial charge >= 0.3 is 5.97 Å². The maximum atomic E-state index is 12.9. The molecule has 0 aliphatic heterocycles. The molecule has 1 aromatic carbocycles. The number of nitrogens with zero attached hydrogens (tertiary/aromatic N) is 2. The van der Waals surface area contributed by atoms with Gasteiger partial charge in [0.2, 0.25) is 11.8 Å². The molecule has 0 radical (unpaired) electrons. The van der Waals surface area contributed by atoms with Crippen molar-refractivity contribution in [2.45, 2.75) is 11.6 Å². The number of nitrogens with one attached hydrogen (secondary N) is 2. The van der Waals surface area contributed by atoms with E-state index in [1.165, 1.54) is 49.4 Å². The second kappa shape index (κ2) is 10.4. The molecule has 0 spiro atoms. The fraction of sp³-hybridized carbons (Fsp3) is 0.278. The maximum absolute atomic E-state index is 12.9. The molecule has 2 N–H and O–H groups in total. The maximum Gasteiger partial charge on any atom is 0.311 e. The highest BCUT2D eigenvalue weighted by Gasteiger charge is 2.15. The Labute approximate surface area is 169 Å². The molecule has 11 heteroatoms. The number of anilines is 1. The van der Waals surface area contributed by atoms with Gasteiger partial charge in [-0.15, -0.1) is 0 Å². The Bertz CT molecular complexity index is 948. The number of aromatic amines is 1. The first-order chi connectivity index (χ1) is 13.8. The highest BCUT2D eigenvalue weighted by atomic mass is 32.2. The highest BCUT2D eigenvalue weighted by Crippen LogP contribution is 2.13. The van der Waals surface area contributed by atoms with Crippen LogP contribution in [0.4, 0.5) is 10.1 Å². The van der Waals surface area contributed by atoms with Crippen molar-refractivity contribution >= 4 is 35.2 Å². The second-order valence-electron chi connectivity index (χ2n) is 5.89. The fourth-order valence-electron chi connectivity index (χ4n) is 2.14. The summed E-state index contributed by atoms with van der Waals surface area (Å²) in [6, 6.07) is 6.42. The third-order valence-electron chi connectivity index (χ3n) is 3.59. The summed E-state index contributed by atoms with van der Waals surface area (Å²) in [5.74, 6) is -1.85. The number of ether oxygens (including phenoxy) is 1. The van der Waals surface area contributed by atoms with Crippen molar-refractivity contribution in [2.24, 2.45) is 0 Å². The van der Waals surface area contributed by atoms with E-state index in [0.29, 0.717) is 5.69 Å². The second-order valence-corrected chi connectivity index (χ2v) is 6.85. The van der Waals surface area contributed by atoms with Crippen LogP contribution in [0, 0.1) is 5.82 Å². The van der Waals surface area contributed by atoms with Crippen LogP contribution in [0.5, 0.6) is 0 Å². The molecule has 0 aliphatic carbocycles. The van der Waals surface area contributed by atoms with Crippen LogP contribution in [0.1, 0.15) is 5.69 Å². The van der Waals surface area contributed by atoms with Crippen molar-refractivity contribution in [1.29, 1.82) is 0 Å². The van der Waals surface area contributed by atoms with Gasteiger partial charge in [-0.3, -0.25) is 19.2 Å². The summed E-state index contributed by atoms with van der Waals surface area (Å²) in [5.41, 5.74) is 0.180. The van der Waals surface area contributed by atoms with Gasteiger partial charge in [-0.25, -0.2) is 9.37 Å². The Balaban J connectivity index is 1.87. The highest BCUT2D eigenvalue weighted by molar-refractivity contribution is 7.99. The molecule has 0 bridgehead atoms. The predicted octanol–water partition coefficient (Wildman–Crippen LogP) is 0.814. The minimum atomic E-state index is -0.540. The zero-order chi connectivity index (χ0) is 21.4. The first kappa shape index (κ1) is 22.1. The number of esters is 1. The minimum absolute atomic E-state index is 0.0784. The predicted molar refractivity (Wildman–Crippen MR) is 104 cm³/mol. The first-order valence-electron chi connectivity index (χ1n) is 8.36. The number of benzene rings is 1. The smallest absolute Gasteiger partial charge is 0.311 e. The molecular formula is C18H19FN4O5S. The van der Waals surface area contributed by atoms with Crippen LogP contribution in [0.2, 0.25) is 0 Å². The SMILES string of the molecule is COC(=O)Cc1cc(=O)[nH]c(SCC(=O)N(C)CC(=O)Nc2ccc(F)cc2)n1. The lowest BCUT2D eigenvalue weighted by atomic mass is 10.3. The molecule has 1 aromatic heterocycles. The van der Waals surface area contributed by atoms with Crippen LogP contribution >= 0.6 is 11.8 Å². The molecule has 0 saturated heterocycles. The van der Waals surface area contributed by atoms with E-state index in [2.05, 4.69) is 20.0 Å². The van der Waals surface area contributed by atoms with Gasteiger partial charge in [0, 0.05) is 18.8 Å². The van der Waals surface area contributed by atoms with Gasteiger partial charge in [0.15, 0.2) is 5.16 Å². The van der Waals surface area contributed by atoms with Gasteiger partial charge in [0.1, 0.15) is 5.82 Å². The van der Waals surface area contributed by atoms with E-state index in [4.69, 9.17) is 0 Å². The summed E-state index contributed by atoms with van der Waals surface area (Å²) in [5, 5.41) is 2.73. The van der Waals surface area contributed by atoms with Crippen molar-refractivity contribution in [3.8, 4) is 0 Å². The minimum Gasteiger partial charge on any atom is -0.469 e. The summed E-state index contributed by atoms with van der Waals surface area (Å²) in [6.07, 6.45) is -0.161. The molecule has 2 aromatic rings. The fourth-order valence-corrected chi connectivity index (χ4v) is 2.98. The van der Waals surface area contributed by atoms with Gasteiger partial charge in [0.05, 0.1) is 31.5 Å². The number of methoxy groups -OCH3 is 1. The molecule has 0 saturated carbocycles. The number of carbonyl (C=O) groups excluding carboxylic acids is 3. The van der Waals surface area contributed by atoms with E-state index >= 15 is 0 Å². The number of likely N-dealkylation sites (N-methyl/N-ethyl adjacent to an activating group) is 1. The van der Waals surface area contributed by atoms with Gasteiger partial charge in [-0.1, -0.05) is 11.8 Å². The van der Waals surface area contributed by atoms with E-state index in [1.807, 2.05) is 0 Å². The lowest BCUT2D eigenvalue weighted by Crippen LogP contribution is -2.36. The summed E-state index contributed by atoms with van der Waals surface area (Å²) in [4.78, 5) is 55.0. The summed E-state index contributed by atoms with van der Waals surface area (Å²) < 4.78 is 17.4. The zero-order valence-corrected chi connectivity index (χ0v) is 16.5. The first-order valence-corrected chi connectivity index (χ1v) is 9.34. The van der Waals surface area contributed by atoms with Crippen LogP contribution < -0.4 is 10.9 Å². The van der Waals surface area contributed by atoms with Crippen molar-refractivity contribution in [1.82, 2.24) is 14.9 Å². The lowest BCUT2D eigenvalue weighted by molar-refractivity contribution is -0.139. The molecule has 1 heterocycles. The molecule has 154 valence electrons. The average molecular weight is 422 g/mol. The van der Waals surface area contributed by atoms with Crippen molar-refractivity contribution < 1.29 is 23.5 Å². The molecule has 2 amide bonds. The third kappa shape index (κ3) is 7.37. The Kier molecular flexibility index (Phi) is 7.89. The van der Waals surface area contributed by atoms with Crippen LogP contribution in [0.25, 0.3) is 0 Å². The van der Waals surface area contributed by atoms with E-state index in [1.54, 1.807) is 0 Å². The Morgan fingerprint density at radius 3 is 2.62 bits per heavy atom. The summed E-state index contributed by atoms with van der Waals surface area (Å²) in [7, 11) is 2.68. The standard InChI is InChI=1S/C18H19FN4O5S/c1-23(9-15(25)20-12-5-3-11(19)4-6-12)16(26)10-29-18-21-13(7-14(24)22-18)8-17(27)28-2/h3-7H,8-10H2,1-2H3,(H,20,25)(H,21,22,24). The molecule has 0 fully saturated rings. The van der Waals surface area contributed by atoms with E-state index in [9.17, 15) is 23.6 Å². The van der Waals surface area contributed by atoms with Gasteiger partial charge in [-0.2, -0.15) is 0 Å². The topological polar surface area (TPSA) is 121 Å². The largest absolute Gasteiger partial charge is 0.469 e. The Morgan fingerprint density at radius 1 is 1.28 bits per heavy atom. The number of carbonyl (C=O) groups is 3. The molecule has 0 atom stereocenters. The molecule has 2 rings (SSSR count). The van der Waals surface area contributed by atoms with Gasteiger partial charge < -0.3 is 19.9 Å². The Morgan fingerprint density at radius 2 is 1.97 bits per heavy atom. The van der Waals surface area contributed by atoms with Crippen molar-refractivity contribution in [3.63, 3.8) is 0 Å². The van der Waals surface area contributed by atoms with E-state index < -0.39 is 23.3 Å². The number of halogens is 1. The van der Waals surface area contributed by atoms with Gasteiger partial charge in [-0.05, 0) is 24.3 Å². The van der Waals surface area contributed by atoms with E-state index in [-0.39, 0.29) is 35.5 Å². The lowest BCUT2D eigenvalue weighted by Gasteiger charge is -2.16. The number of hydrogen-bond donors (Lipinski definition) is 2. The number of amides is 2. The van der Waals surface area contributed by atoms with Crippen LogP contribution in [-0.2, 0) is 25.5 Å². The summed E-state index contributed by atoms with van der Waals surface area (Å²) >= 11 is 0.969.